The molecule has 0 aliphatic heterocycles. The average Bonchev–Trinajstić information content (AvgIpc) is 3.50. The van der Waals surface area contributed by atoms with Gasteiger partial charge in [0.25, 0.3) is 5.91 Å². The van der Waals surface area contributed by atoms with Crippen LogP contribution in [0.5, 0.6) is 0 Å². The summed E-state index contributed by atoms with van der Waals surface area (Å²) in [5, 5.41) is 26.2. The molecule has 1 aromatic heterocycles. The summed E-state index contributed by atoms with van der Waals surface area (Å²) in [5.74, 6) is -1.52. The molecule has 0 saturated heterocycles. The summed E-state index contributed by atoms with van der Waals surface area (Å²) in [7, 11) is 1.48. The van der Waals surface area contributed by atoms with E-state index in [0.29, 0.717) is 22.5 Å². The van der Waals surface area contributed by atoms with E-state index in [4.69, 9.17) is 0 Å². The fourth-order valence-corrected chi connectivity index (χ4v) is 4.60. The van der Waals surface area contributed by atoms with Crippen LogP contribution >= 0.6 is 11.3 Å². The first kappa shape index (κ1) is 27.9. The number of amides is 5. The molecule has 11 heteroatoms. The molecule has 0 spiro atoms. The molecule has 0 aliphatic rings. The molecule has 0 aliphatic carbocycles. The summed E-state index contributed by atoms with van der Waals surface area (Å²) in [5.41, 5.74) is 3.80. The smallest absolute Gasteiger partial charge is 0.409 e. The molecule has 6 N–H and O–H groups in total. The van der Waals surface area contributed by atoms with Crippen molar-refractivity contribution in [3.63, 3.8) is 0 Å². The third-order valence-corrected chi connectivity index (χ3v) is 6.67. The molecule has 4 rings (SSSR count). The molecular formula is C29H27N5O5S. The first-order valence-electron chi connectivity index (χ1n) is 12.2. The maximum atomic E-state index is 13.1. The minimum absolute atomic E-state index is 0.0312. The lowest BCUT2D eigenvalue weighted by Gasteiger charge is -2.18. The Balaban J connectivity index is 1.54. The number of benzene rings is 3. The summed E-state index contributed by atoms with van der Waals surface area (Å²) >= 11 is 1.53. The highest BCUT2D eigenvalue weighted by Crippen LogP contribution is 2.31. The Morgan fingerprint density at radius 1 is 0.825 bits per heavy atom. The van der Waals surface area contributed by atoms with Gasteiger partial charge in [-0.1, -0.05) is 36.4 Å². The summed E-state index contributed by atoms with van der Waals surface area (Å²) in [4.78, 5) is 49.3. The fraction of sp³-hybridized carbons (Fsp3) is 0.103. The van der Waals surface area contributed by atoms with Gasteiger partial charge in [-0.3, -0.25) is 14.9 Å². The minimum Gasteiger partial charge on any atom is -0.465 e. The second-order valence-corrected chi connectivity index (χ2v) is 9.43. The van der Waals surface area contributed by atoms with Gasteiger partial charge in [-0.05, 0) is 69.9 Å². The van der Waals surface area contributed by atoms with Crippen LogP contribution in [0.2, 0.25) is 0 Å². The van der Waals surface area contributed by atoms with Gasteiger partial charge < -0.3 is 26.4 Å². The van der Waals surface area contributed by atoms with Crippen LogP contribution in [-0.4, -0.2) is 42.6 Å². The van der Waals surface area contributed by atoms with Crippen LogP contribution in [0.4, 0.5) is 26.7 Å². The van der Waals surface area contributed by atoms with Crippen molar-refractivity contribution in [2.75, 3.05) is 29.5 Å². The van der Waals surface area contributed by atoms with E-state index < -0.39 is 23.9 Å². The van der Waals surface area contributed by atoms with Crippen LogP contribution in [0.1, 0.15) is 21.8 Å². The molecule has 1 atom stereocenters. The van der Waals surface area contributed by atoms with Crippen LogP contribution in [0.15, 0.2) is 89.6 Å². The Morgan fingerprint density at radius 3 is 2.23 bits per heavy atom. The van der Waals surface area contributed by atoms with Gasteiger partial charge in [0.15, 0.2) is 0 Å². The highest BCUT2D eigenvalue weighted by atomic mass is 32.1. The van der Waals surface area contributed by atoms with E-state index in [9.17, 15) is 24.3 Å². The molecule has 0 bridgehead atoms. The SMILES string of the molecule is CNC(=O)NCC(C(=O)Nc1ccccc1)c1ccc(C(=O)Nc2cc(-c3ccsc3)ccc2NC(=O)O)cc1. The average molecular weight is 558 g/mol. The van der Waals surface area contributed by atoms with E-state index in [1.165, 1.54) is 18.4 Å². The first-order chi connectivity index (χ1) is 19.3. The number of thiophene rings is 1. The Kier molecular flexibility index (Phi) is 9.11. The molecule has 0 radical (unpaired) electrons. The second kappa shape index (κ2) is 13.1. The van der Waals surface area contributed by atoms with E-state index in [2.05, 4.69) is 26.6 Å². The summed E-state index contributed by atoms with van der Waals surface area (Å²) in [6.07, 6.45) is -1.26. The Hall–Kier alpha value is -5.16. The van der Waals surface area contributed by atoms with Crippen molar-refractivity contribution in [3.05, 3.63) is 101 Å². The van der Waals surface area contributed by atoms with E-state index in [1.807, 2.05) is 22.9 Å². The monoisotopic (exact) mass is 557 g/mol. The Bertz CT molecular complexity index is 1490. The van der Waals surface area contributed by atoms with Gasteiger partial charge >= 0.3 is 12.1 Å². The van der Waals surface area contributed by atoms with Gasteiger partial charge in [-0.15, -0.1) is 0 Å². The maximum absolute atomic E-state index is 13.1. The molecule has 5 amide bonds. The summed E-state index contributed by atoms with van der Waals surface area (Å²) in [6, 6.07) is 22.0. The molecule has 10 nitrogen and oxygen atoms in total. The molecule has 1 heterocycles. The molecule has 4 aromatic rings. The molecule has 0 saturated carbocycles. The van der Waals surface area contributed by atoms with Crippen LogP contribution in [0.25, 0.3) is 11.1 Å². The quantitative estimate of drug-likeness (QED) is 0.163. The lowest BCUT2D eigenvalue weighted by atomic mass is 9.96. The lowest BCUT2D eigenvalue weighted by molar-refractivity contribution is -0.117. The van der Waals surface area contributed by atoms with Crippen LogP contribution in [0.3, 0.4) is 0 Å². The van der Waals surface area contributed by atoms with Crippen molar-refractivity contribution in [1.82, 2.24) is 10.6 Å². The molecular weight excluding hydrogens is 530 g/mol. The number of carbonyl (C=O) groups is 4. The number of hydrogen-bond acceptors (Lipinski definition) is 5. The van der Waals surface area contributed by atoms with Crippen molar-refractivity contribution in [3.8, 4) is 11.1 Å². The summed E-state index contributed by atoms with van der Waals surface area (Å²) < 4.78 is 0. The van der Waals surface area contributed by atoms with Crippen molar-refractivity contribution in [2.24, 2.45) is 0 Å². The van der Waals surface area contributed by atoms with Gasteiger partial charge in [-0.25, -0.2) is 9.59 Å². The van der Waals surface area contributed by atoms with Crippen molar-refractivity contribution in [2.45, 2.75) is 5.92 Å². The van der Waals surface area contributed by atoms with Gasteiger partial charge in [0.1, 0.15) is 0 Å². The largest absolute Gasteiger partial charge is 0.465 e. The molecule has 204 valence electrons. The highest BCUT2D eigenvalue weighted by Gasteiger charge is 2.22. The Labute approximate surface area is 234 Å². The van der Waals surface area contributed by atoms with Crippen LogP contribution < -0.4 is 26.6 Å². The van der Waals surface area contributed by atoms with E-state index in [-0.39, 0.29) is 18.1 Å². The number of urea groups is 1. The molecule has 0 fully saturated rings. The van der Waals surface area contributed by atoms with Crippen molar-refractivity contribution in [1.29, 1.82) is 0 Å². The highest BCUT2D eigenvalue weighted by molar-refractivity contribution is 7.08. The van der Waals surface area contributed by atoms with Gasteiger partial charge in [0, 0.05) is 24.8 Å². The number of nitrogens with one attached hydrogen (secondary N) is 5. The lowest BCUT2D eigenvalue weighted by Crippen LogP contribution is -2.38. The normalized spacial score (nSPS) is 11.1. The molecule has 40 heavy (non-hydrogen) atoms. The maximum Gasteiger partial charge on any atom is 0.409 e. The van der Waals surface area contributed by atoms with Crippen LogP contribution in [0, 0.1) is 0 Å². The third-order valence-electron chi connectivity index (χ3n) is 5.99. The second-order valence-electron chi connectivity index (χ2n) is 8.65. The number of hydrogen-bond donors (Lipinski definition) is 6. The van der Waals surface area contributed by atoms with Gasteiger partial charge in [-0.2, -0.15) is 11.3 Å². The van der Waals surface area contributed by atoms with Crippen molar-refractivity contribution >= 4 is 52.3 Å². The fourth-order valence-electron chi connectivity index (χ4n) is 3.94. The standard InChI is InChI=1S/C29H27N5O5S/c1-30-28(37)31-16-23(27(36)32-22-5-3-2-4-6-22)18-7-9-19(10-8-18)26(35)33-25-15-20(21-13-14-40-17-21)11-12-24(25)34-29(38)39/h2-15,17,23,34H,16H2,1H3,(H,32,36)(H,33,35)(H,38,39)(H2,30,31,37). The predicted octanol–water partition coefficient (Wildman–Crippen LogP) is 5.41. The van der Waals surface area contributed by atoms with Crippen molar-refractivity contribution < 1.29 is 24.3 Å². The minimum atomic E-state index is -1.26. The first-order valence-corrected chi connectivity index (χ1v) is 13.2. The number of para-hydroxylation sites is 1. The molecule has 1 unspecified atom stereocenters. The van der Waals surface area contributed by atoms with E-state index in [0.717, 1.165) is 11.1 Å². The Morgan fingerprint density at radius 2 is 1.57 bits per heavy atom. The zero-order valence-corrected chi connectivity index (χ0v) is 22.2. The number of carboxylic acid groups (broad SMARTS) is 1. The third kappa shape index (κ3) is 7.23. The zero-order valence-electron chi connectivity index (χ0n) is 21.4. The topological polar surface area (TPSA) is 149 Å². The number of anilines is 3. The van der Waals surface area contributed by atoms with Gasteiger partial charge in [0.2, 0.25) is 5.91 Å². The summed E-state index contributed by atoms with van der Waals surface area (Å²) in [6.45, 7) is 0.0312. The number of rotatable bonds is 9. The van der Waals surface area contributed by atoms with E-state index >= 15 is 0 Å². The van der Waals surface area contributed by atoms with Crippen LogP contribution in [-0.2, 0) is 4.79 Å². The predicted molar refractivity (Wildman–Crippen MR) is 156 cm³/mol. The number of carbonyl (C=O) groups excluding carboxylic acids is 3. The van der Waals surface area contributed by atoms with Gasteiger partial charge in [0.05, 0.1) is 17.3 Å². The zero-order chi connectivity index (χ0) is 28.5. The molecule has 3 aromatic carbocycles. The van der Waals surface area contributed by atoms with E-state index in [1.54, 1.807) is 66.7 Å².